The van der Waals surface area contributed by atoms with E-state index in [2.05, 4.69) is 55.1 Å². The molecule has 0 fully saturated rings. The van der Waals surface area contributed by atoms with Crippen LogP contribution < -0.4 is 5.32 Å². The van der Waals surface area contributed by atoms with Crippen molar-refractivity contribution in [3.8, 4) is 0 Å². The van der Waals surface area contributed by atoms with Crippen molar-refractivity contribution in [1.29, 1.82) is 0 Å². The Hall–Kier alpha value is -1.65. The van der Waals surface area contributed by atoms with E-state index >= 15 is 0 Å². The second-order valence-corrected chi connectivity index (χ2v) is 6.91. The van der Waals surface area contributed by atoms with Crippen molar-refractivity contribution in [3.05, 3.63) is 29.1 Å². The Morgan fingerprint density at radius 3 is 2.85 bits per heavy atom. The van der Waals surface area contributed by atoms with E-state index in [1.807, 2.05) is 18.8 Å². The molecule has 1 aliphatic rings. The molecule has 0 atom stereocenters. The van der Waals surface area contributed by atoms with Gasteiger partial charge in [0.25, 0.3) is 0 Å². The van der Waals surface area contributed by atoms with Gasteiger partial charge in [-0.15, -0.1) is 34.2 Å². The zero-order valence-corrected chi connectivity index (χ0v) is 18.6. The molecule has 3 rings (SSSR count). The maximum atomic E-state index is 4.58. The first-order valence-corrected chi connectivity index (χ1v) is 8.84. The topological polar surface area (TPSA) is 76.2 Å². The van der Waals surface area contributed by atoms with Crippen molar-refractivity contribution < 1.29 is 0 Å². The summed E-state index contributed by atoms with van der Waals surface area (Å²) in [6.45, 7) is 6.75. The molecule has 2 aromatic heterocycles. The summed E-state index contributed by atoms with van der Waals surface area (Å²) in [7, 11) is 5.81. The van der Waals surface area contributed by atoms with Gasteiger partial charge in [-0.2, -0.15) is 5.10 Å². The highest BCUT2D eigenvalue weighted by Gasteiger charge is 2.18. The third-order valence-corrected chi connectivity index (χ3v) is 4.56. The molecule has 1 aliphatic heterocycles. The Morgan fingerprint density at radius 2 is 2.15 bits per heavy atom. The smallest absolute Gasteiger partial charge is 0.194 e. The van der Waals surface area contributed by atoms with Gasteiger partial charge in [-0.25, -0.2) is 0 Å². The standard InChI is InChI=1S/C17H28N8.HI/c1-12(2)16-13(11-24(5)22-16)10-23(4)17(18-3)19-9-15-21-20-14-7-6-8-25(14)15;/h11-12H,6-10H2,1-5H3,(H,18,19);1H. The summed E-state index contributed by atoms with van der Waals surface area (Å²) in [6, 6.07) is 0. The number of hydrogen-bond donors (Lipinski definition) is 1. The van der Waals surface area contributed by atoms with Crippen molar-refractivity contribution in [1.82, 2.24) is 34.8 Å². The predicted molar refractivity (Wildman–Crippen MR) is 113 cm³/mol. The summed E-state index contributed by atoms with van der Waals surface area (Å²) in [6.07, 6.45) is 4.27. The van der Waals surface area contributed by atoms with Crippen molar-refractivity contribution in [2.45, 2.75) is 52.2 Å². The Morgan fingerprint density at radius 1 is 1.38 bits per heavy atom. The fourth-order valence-corrected chi connectivity index (χ4v) is 3.38. The molecule has 9 heteroatoms. The lowest BCUT2D eigenvalue weighted by Gasteiger charge is -2.22. The van der Waals surface area contributed by atoms with Gasteiger partial charge in [-0.05, 0) is 12.3 Å². The van der Waals surface area contributed by atoms with Crippen LogP contribution >= 0.6 is 24.0 Å². The maximum absolute atomic E-state index is 4.58. The van der Waals surface area contributed by atoms with E-state index in [1.165, 1.54) is 5.56 Å². The third kappa shape index (κ3) is 4.36. The van der Waals surface area contributed by atoms with Crippen LogP contribution in [0.3, 0.4) is 0 Å². The fourth-order valence-electron chi connectivity index (χ4n) is 3.38. The highest BCUT2D eigenvalue weighted by atomic mass is 127. The number of fused-ring (bicyclic) bond motifs is 1. The van der Waals surface area contributed by atoms with Gasteiger partial charge in [-0.1, -0.05) is 13.8 Å². The normalized spacial score (nSPS) is 13.7. The molecule has 144 valence electrons. The molecule has 0 spiro atoms. The van der Waals surface area contributed by atoms with E-state index < -0.39 is 0 Å². The van der Waals surface area contributed by atoms with Crippen molar-refractivity contribution in [3.63, 3.8) is 0 Å². The molecule has 0 unspecified atom stereocenters. The minimum Gasteiger partial charge on any atom is -0.349 e. The Bertz CT molecular complexity index is 761. The van der Waals surface area contributed by atoms with Crippen molar-refractivity contribution in [2.24, 2.45) is 12.0 Å². The van der Waals surface area contributed by atoms with Crippen LogP contribution in [-0.4, -0.2) is 49.5 Å². The minimum atomic E-state index is 0. The van der Waals surface area contributed by atoms with Gasteiger partial charge < -0.3 is 14.8 Å². The van der Waals surface area contributed by atoms with Crippen LogP contribution in [0.15, 0.2) is 11.2 Å². The summed E-state index contributed by atoms with van der Waals surface area (Å²) in [5.74, 6) is 3.32. The van der Waals surface area contributed by atoms with E-state index in [1.54, 1.807) is 7.05 Å². The molecule has 3 heterocycles. The lowest BCUT2D eigenvalue weighted by molar-refractivity contribution is 0.470. The van der Waals surface area contributed by atoms with Crippen LogP contribution in [0.1, 0.15) is 49.1 Å². The van der Waals surface area contributed by atoms with Crippen LogP contribution in [0.5, 0.6) is 0 Å². The van der Waals surface area contributed by atoms with Crippen LogP contribution in [-0.2, 0) is 33.1 Å². The van der Waals surface area contributed by atoms with Gasteiger partial charge in [0.2, 0.25) is 0 Å². The van der Waals surface area contributed by atoms with Crippen molar-refractivity contribution in [2.75, 3.05) is 14.1 Å². The molecule has 0 radical (unpaired) electrons. The Kier molecular flexibility index (Phi) is 7.01. The van der Waals surface area contributed by atoms with E-state index in [4.69, 9.17) is 0 Å². The number of aliphatic imine (C=N–C) groups is 1. The van der Waals surface area contributed by atoms with Crippen LogP contribution in [0, 0.1) is 0 Å². The lowest BCUT2D eigenvalue weighted by atomic mass is 10.1. The van der Waals surface area contributed by atoms with E-state index in [-0.39, 0.29) is 24.0 Å². The first-order chi connectivity index (χ1) is 12.0. The monoisotopic (exact) mass is 472 g/mol. The largest absolute Gasteiger partial charge is 0.349 e. The Balaban J connectivity index is 0.00000243. The molecule has 0 aliphatic carbocycles. The molecular formula is C17H29IN8. The summed E-state index contributed by atoms with van der Waals surface area (Å²) in [5, 5.41) is 16.5. The van der Waals surface area contributed by atoms with E-state index in [0.717, 1.165) is 49.2 Å². The van der Waals surface area contributed by atoms with Crippen LogP contribution in [0.25, 0.3) is 0 Å². The average Bonchev–Trinajstić information content (AvgIpc) is 3.24. The highest BCUT2D eigenvalue weighted by molar-refractivity contribution is 14.0. The summed E-state index contributed by atoms with van der Waals surface area (Å²) >= 11 is 0. The molecule has 0 amide bonds. The van der Waals surface area contributed by atoms with Gasteiger partial charge >= 0.3 is 0 Å². The number of halogens is 1. The summed E-state index contributed by atoms with van der Waals surface area (Å²) < 4.78 is 4.09. The second-order valence-electron chi connectivity index (χ2n) is 6.91. The fraction of sp³-hybridized carbons (Fsp3) is 0.647. The molecule has 0 saturated heterocycles. The Labute approximate surface area is 172 Å². The molecule has 0 bridgehead atoms. The first-order valence-electron chi connectivity index (χ1n) is 8.84. The predicted octanol–water partition coefficient (Wildman–Crippen LogP) is 1.91. The number of hydrogen-bond acceptors (Lipinski definition) is 4. The van der Waals surface area contributed by atoms with Gasteiger partial charge in [0, 0.05) is 52.4 Å². The second kappa shape index (κ2) is 8.83. The first kappa shape index (κ1) is 20.7. The van der Waals surface area contributed by atoms with E-state index in [9.17, 15) is 0 Å². The number of nitrogens with one attached hydrogen (secondary N) is 1. The molecule has 26 heavy (non-hydrogen) atoms. The van der Waals surface area contributed by atoms with Gasteiger partial charge in [0.1, 0.15) is 5.82 Å². The van der Waals surface area contributed by atoms with Gasteiger partial charge in [-0.3, -0.25) is 9.67 Å². The zero-order valence-electron chi connectivity index (χ0n) is 16.2. The molecule has 0 aromatic carbocycles. The number of nitrogens with zero attached hydrogens (tertiary/aromatic N) is 7. The van der Waals surface area contributed by atoms with Crippen LogP contribution in [0.2, 0.25) is 0 Å². The molecule has 8 nitrogen and oxygen atoms in total. The molecule has 0 saturated carbocycles. The van der Waals surface area contributed by atoms with Crippen LogP contribution in [0.4, 0.5) is 0 Å². The molecule has 2 aromatic rings. The minimum absolute atomic E-state index is 0. The zero-order chi connectivity index (χ0) is 18.0. The highest BCUT2D eigenvalue weighted by Crippen LogP contribution is 2.18. The number of aryl methyl sites for hydroxylation is 2. The third-order valence-electron chi connectivity index (χ3n) is 4.56. The van der Waals surface area contributed by atoms with E-state index in [0.29, 0.717) is 12.5 Å². The maximum Gasteiger partial charge on any atom is 0.194 e. The number of rotatable bonds is 5. The number of guanidine groups is 1. The van der Waals surface area contributed by atoms with Crippen molar-refractivity contribution >= 4 is 29.9 Å². The van der Waals surface area contributed by atoms with Gasteiger partial charge in [0.05, 0.1) is 12.2 Å². The molecule has 1 N–H and O–H groups in total. The molecular weight excluding hydrogens is 443 g/mol. The lowest BCUT2D eigenvalue weighted by Crippen LogP contribution is -2.38. The quantitative estimate of drug-likeness (QED) is 0.409. The SMILES string of the molecule is CN=C(NCc1nnc2n1CCC2)N(C)Cc1cn(C)nc1C(C)C.I. The summed E-state index contributed by atoms with van der Waals surface area (Å²) in [5.41, 5.74) is 2.37. The van der Waals surface area contributed by atoms with Gasteiger partial charge in [0.15, 0.2) is 11.8 Å². The summed E-state index contributed by atoms with van der Waals surface area (Å²) in [4.78, 5) is 6.52. The number of aromatic nitrogens is 5. The average molecular weight is 472 g/mol.